The highest BCUT2D eigenvalue weighted by Crippen LogP contribution is 2.35. The highest BCUT2D eigenvalue weighted by atomic mass is 15.0. The zero-order chi connectivity index (χ0) is 34.0. The molecule has 2 aliphatic rings. The van der Waals surface area contributed by atoms with E-state index in [0.717, 1.165) is 78.9 Å². The maximum atomic E-state index is 5.11. The van der Waals surface area contributed by atoms with E-state index < -0.39 is 0 Å². The van der Waals surface area contributed by atoms with E-state index in [1.165, 1.54) is 10.8 Å². The summed E-state index contributed by atoms with van der Waals surface area (Å²) in [6, 6.07) is 54.5. The van der Waals surface area contributed by atoms with E-state index in [-0.39, 0.29) is 0 Å². The number of nitrogens with zero attached hydrogens (tertiary/aromatic N) is 2. The quantitative estimate of drug-likeness (QED) is 0.167. The van der Waals surface area contributed by atoms with Crippen molar-refractivity contribution >= 4 is 55.7 Å². The third-order valence-corrected chi connectivity index (χ3v) is 9.25. The first-order valence-corrected chi connectivity index (χ1v) is 17.1. The van der Waals surface area contributed by atoms with Gasteiger partial charge in [-0.1, -0.05) is 133 Å². The maximum Gasteiger partial charge on any atom is 0.131 e. The number of anilines is 2. The van der Waals surface area contributed by atoms with Gasteiger partial charge in [-0.05, 0) is 70.5 Å². The summed E-state index contributed by atoms with van der Waals surface area (Å²) in [5, 5.41) is 11.8. The number of H-pyrrole nitrogens is 1. The van der Waals surface area contributed by atoms with Gasteiger partial charge in [0, 0.05) is 44.7 Å². The van der Waals surface area contributed by atoms with E-state index in [1.54, 1.807) is 0 Å². The Morgan fingerprint density at radius 1 is 0.392 bits per heavy atom. The molecule has 3 heterocycles. The van der Waals surface area contributed by atoms with Crippen molar-refractivity contribution in [3.8, 4) is 0 Å². The van der Waals surface area contributed by atoms with Crippen LogP contribution in [0.25, 0.3) is 32.7 Å². The lowest BCUT2D eigenvalue weighted by atomic mass is 10.0. The smallest absolute Gasteiger partial charge is 0.131 e. The number of hydrogen-bond acceptors (Lipinski definition) is 4. The molecule has 0 bridgehead atoms. The average molecular weight is 656 g/mol. The Bertz CT molecular complexity index is 2430. The summed E-state index contributed by atoms with van der Waals surface area (Å²) in [5.41, 5.74) is 9.96. The van der Waals surface area contributed by atoms with Crippen LogP contribution in [-0.2, 0) is 0 Å². The number of aromatic amines is 1. The molecule has 51 heavy (non-hydrogen) atoms. The Kier molecular flexibility index (Phi) is 7.76. The number of hydrogen-bond donors (Lipinski definition) is 3. The molecule has 0 unspecified atom stereocenters. The van der Waals surface area contributed by atoms with Crippen LogP contribution in [0.1, 0.15) is 22.5 Å². The van der Waals surface area contributed by atoms with E-state index in [2.05, 4.69) is 173 Å². The van der Waals surface area contributed by atoms with E-state index in [1.807, 2.05) is 24.3 Å². The van der Waals surface area contributed by atoms with Crippen molar-refractivity contribution in [3.05, 3.63) is 216 Å². The zero-order valence-electron chi connectivity index (χ0n) is 27.7. The standard InChI is InChI=1S/C46H33N5/c1-3-15-33(16-4-1)45(41-27-29-43(50-41)48-37-23-11-19-31-13-7-9-21-35(31)37)39-25-26-40(47-39)46(34-17-5-2-6-18-34)42-28-30-44(51-42)49-38-24-12-20-32-14-8-10-22-36(32)38/h1-30,47H,(H,48,50)(H,49,51)/b45-41-,46-42-. The summed E-state index contributed by atoms with van der Waals surface area (Å²) in [6.07, 6.45) is 8.26. The Morgan fingerprint density at radius 3 is 1.27 bits per heavy atom. The number of fused-ring (bicyclic) bond motifs is 2. The molecule has 0 spiro atoms. The first-order valence-electron chi connectivity index (χ1n) is 17.1. The topological polar surface area (TPSA) is 64.6 Å². The van der Waals surface area contributed by atoms with Crippen molar-refractivity contribution in [2.45, 2.75) is 0 Å². The average Bonchev–Trinajstić information content (AvgIpc) is 3.96. The molecule has 0 fully saturated rings. The summed E-state index contributed by atoms with van der Waals surface area (Å²) in [6.45, 7) is 0. The van der Waals surface area contributed by atoms with Crippen LogP contribution in [0.15, 0.2) is 203 Å². The van der Waals surface area contributed by atoms with Gasteiger partial charge in [0.2, 0.25) is 0 Å². The van der Waals surface area contributed by atoms with Crippen molar-refractivity contribution < 1.29 is 0 Å². The molecule has 242 valence electrons. The van der Waals surface area contributed by atoms with Gasteiger partial charge in [0.25, 0.3) is 0 Å². The predicted molar refractivity (Wildman–Crippen MR) is 214 cm³/mol. The van der Waals surface area contributed by atoms with Crippen LogP contribution < -0.4 is 10.6 Å². The van der Waals surface area contributed by atoms with Gasteiger partial charge in [-0.15, -0.1) is 0 Å². The van der Waals surface area contributed by atoms with Gasteiger partial charge in [0.05, 0.1) is 11.4 Å². The molecule has 5 nitrogen and oxygen atoms in total. The molecule has 2 aliphatic heterocycles. The Balaban J connectivity index is 1.10. The Labute approximate surface area is 296 Å². The van der Waals surface area contributed by atoms with E-state index in [9.17, 15) is 0 Å². The second-order valence-electron chi connectivity index (χ2n) is 12.5. The lowest BCUT2D eigenvalue weighted by molar-refractivity contribution is 1.27. The molecule has 0 amide bonds. The van der Waals surface area contributed by atoms with Crippen LogP contribution >= 0.6 is 0 Å². The second-order valence-corrected chi connectivity index (χ2v) is 12.5. The van der Waals surface area contributed by atoms with Gasteiger partial charge < -0.3 is 15.6 Å². The van der Waals surface area contributed by atoms with E-state index in [0.29, 0.717) is 0 Å². The van der Waals surface area contributed by atoms with Crippen LogP contribution in [0.2, 0.25) is 0 Å². The maximum absolute atomic E-state index is 5.11. The van der Waals surface area contributed by atoms with Crippen LogP contribution in [0, 0.1) is 0 Å². The van der Waals surface area contributed by atoms with Crippen molar-refractivity contribution in [3.63, 3.8) is 0 Å². The number of aliphatic imine (C=N–C) groups is 2. The van der Waals surface area contributed by atoms with Crippen LogP contribution in [0.5, 0.6) is 0 Å². The number of allylic oxidation sites excluding steroid dienone is 2. The van der Waals surface area contributed by atoms with Gasteiger partial charge >= 0.3 is 0 Å². The van der Waals surface area contributed by atoms with Crippen molar-refractivity contribution in [1.82, 2.24) is 4.98 Å². The summed E-state index contributed by atoms with van der Waals surface area (Å²) in [4.78, 5) is 14.0. The lowest BCUT2D eigenvalue weighted by Gasteiger charge is -2.11. The minimum atomic E-state index is 0.797. The third-order valence-electron chi connectivity index (χ3n) is 9.25. The van der Waals surface area contributed by atoms with Crippen LogP contribution in [0.4, 0.5) is 11.4 Å². The van der Waals surface area contributed by atoms with Crippen LogP contribution in [-0.4, -0.2) is 16.7 Å². The molecule has 3 N–H and O–H groups in total. The molecular weight excluding hydrogens is 623 g/mol. The van der Waals surface area contributed by atoms with E-state index >= 15 is 0 Å². The molecule has 6 aromatic carbocycles. The monoisotopic (exact) mass is 655 g/mol. The first kappa shape index (κ1) is 30.1. The van der Waals surface area contributed by atoms with Gasteiger partial charge in [-0.25, -0.2) is 9.98 Å². The fourth-order valence-electron chi connectivity index (χ4n) is 6.87. The van der Waals surface area contributed by atoms with Crippen molar-refractivity contribution in [1.29, 1.82) is 0 Å². The molecule has 0 saturated heterocycles. The highest BCUT2D eigenvalue weighted by Gasteiger charge is 2.20. The molecule has 0 saturated carbocycles. The number of benzene rings is 6. The lowest BCUT2D eigenvalue weighted by Crippen LogP contribution is -2.07. The number of rotatable bonds is 6. The number of nitrogens with one attached hydrogen (secondary N) is 3. The van der Waals surface area contributed by atoms with Crippen LogP contribution in [0.3, 0.4) is 0 Å². The highest BCUT2D eigenvalue weighted by molar-refractivity contribution is 6.13. The van der Waals surface area contributed by atoms with Gasteiger partial charge in [0.1, 0.15) is 11.7 Å². The van der Waals surface area contributed by atoms with E-state index in [4.69, 9.17) is 9.98 Å². The summed E-state index contributed by atoms with van der Waals surface area (Å²) in [5.74, 6) is 1.59. The summed E-state index contributed by atoms with van der Waals surface area (Å²) < 4.78 is 0. The van der Waals surface area contributed by atoms with Crippen molar-refractivity contribution in [2.75, 3.05) is 10.6 Å². The molecule has 0 aliphatic carbocycles. The third kappa shape index (κ3) is 5.98. The van der Waals surface area contributed by atoms with Crippen molar-refractivity contribution in [2.24, 2.45) is 9.98 Å². The minimum Gasteiger partial charge on any atom is -0.354 e. The fourth-order valence-corrected chi connectivity index (χ4v) is 6.87. The summed E-state index contributed by atoms with van der Waals surface area (Å²) >= 11 is 0. The predicted octanol–water partition coefficient (Wildman–Crippen LogP) is 11.0. The normalized spacial score (nSPS) is 15.6. The number of aromatic nitrogens is 1. The molecule has 0 atom stereocenters. The number of amidine groups is 2. The molecule has 1 aromatic heterocycles. The van der Waals surface area contributed by atoms with Gasteiger partial charge in [-0.3, -0.25) is 0 Å². The van der Waals surface area contributed by atoms with Gasteiger partial charge in [0.15, 0.2) is 0 Å². The molecule has 7 aromatic rings. The SMILES string of the molecule is C1=C/C(=C(\c2ccccc2)c2ccc(/C(=C3/C=CC(Nc4cccc5ccccc45)=N3)c3ccccc3)[nH]2)N=C1Nc1cccc2ccccc12. The molecular formula is C46H33N5. The Morgan fingerprint density at radius 2 is 0.804 bits per heavy atom. The Hall–Kier alpha value is -6.98. The first-order chi connectivity index (χ1) is 25.3. The minimum absolute atomic E-state index is 0.797. The van der Waals surface area contributed by atoms with Gasteiger partial charge in [-0.2, -0.15) is 0 Å². The fraction of sp³-hybridized carbons (Fsp3) is 0. The summed E-state index contributed by atoms with van der Waals surface area (Å²) in [7, 11) is 0. The molecule has 5 heteroatoms. The zero-order valence-corrected chi connectivity index (χ0v) is 27.7. The largest absolute Gasteiger partial charge is 0.354 e. The second kappa shape index (κ2) is 13.1. The molecule has 0 radical (unpaired) electrons. The molecule has 9 rings (SSSR count).